The highest BCUT2D eigenvalue weighted by atomic mass is 14.9. The summed E-state index contributed by atoms with van der Waals surface area (Å²) >= 11 is 0. The van der Waals surface area contributed by atoms with Gasteiger partial charge in [-0.3, -0.25) is 5.32 Å². The molecule has 0 amide bonds. The lowest BCUT2D eigenvalue weighted by molar-refractivity contribution is 1.16. The molecule has 1 aliphatic heterocycles. The summed E-state index contributed by atoms with van der Waals surface area (Å²) in [5.41, 5.74) is 0. The predicted octanol–water partition coefficient (Wildman–Crippen LogP) is -1.24. The van der Waals surface area contributed by atoms with E-state index in [1.54, 1.807) is 6.34 Å². The van der Waals surface area contributed by atoms with Gasteiger partial charge in [0.2, 0.25) is 6.21 Å². The van der Waals surface area contributed by atoms with Crippen LogP contribution in [0.15, 0.2) is 0 Å². The second-order valence-corrected chi connectivity index (χ2v) is 0.869. The largest absolute Gasteiger partial charge is 0.331 e. The molecule has 0 aromatic heterocycles. The fraction of sp³-hybridized carbons (Fsp3) is 0.333. The van der Waals surface area contributed by atoms with Gasteiger partial charge in [0.1, 0.15) is 0 Å². The summed E-state index contributed by atoms with van der Waals surface area (Å²) in [4.78, 5) is 0. The van der Waals surface area contributed by atoms with Crippen molar-refractivity contribution < 1.29 is 0 Å². The van der Waals surface area contributed by atoms with Crippen molar-refractivity contribution in [2.45, 2.75) is 0 Å². The first-order valence-corrected chi connectivity index (χ1v) is 1.57. The summed E-state index contributed by atoms with van der Waals surface area (Å²) in [5.74, 6) is 0. The van der Waals surface area contributed by atoms with Crippen LogP contribution in [0, 0.1) is 0 Å². The van der Waals surface area contributed by atoms with Crippen LogP contribution >= 0.6 is 0 Å². The molecule has 5 heavy (non-hydrogen) atoms. The van der Waals surface area contributed by atoms with E-state index in [0.29, 0.717) is 0 Å². The first-order chi connectivity index (χ1) is 2.50. The predicted molar refractivity (Wildman–Crippen MR) is 22.3 cm³/mol. The van der Waals surface area contributed by atoms with Crippen LogP contribution in [0.2, 0.25) is 0 Å². The van der Waals surface area contributed by atoms with Gasteiger partial charge in [-0.25, -0.2) is 4.67 Å². The fourth-order valence-electron chi connectivity index (χ4n) is 0.264. The zero-order valence-corrected chi connectivity index (χ0v) is 2.81. The maximum absolute atomic E-state index is 3.72. The molecule has 0 unspecified atom stereocenters. The van der Waals surface area contributed by atoms with Gasteiger partial charge >= 0.3 is 6.34 Å². The first-order valence-electron chi connectivity index (χ1n) is 1.57. The van der Waals surface area contributed by atoms with Crippen molar-refractivity contribution in [3.8, 4) is 0 Å². The zero-order chi connectivity index (χ0) is 3.54. The van der Waals surface area contributed by atoms with E-state index in [4.69, 9.17) is 0 Å². The molecule has 0 atom stereocenters. The molecular formula is C3H5N2+. The minimum atomic E-state index is 0.903. The Morgan fingerprint density at radius 2 is 2.80 bits per heavy atom. The van der Waals surface area contributed by atoms with Crippen molar-refractivity contribution in [3.63, 3.8) is 0 Å². The van der Waals surface area contributed by atoms with Crippen molar-refractivity contribution >= 4 is 12.6 Å². The number of nitrogens with zero attached hydrogens (tertiary/aromatic N) is 1. The van der Waals surface area contributed by atoms with Gasteiger partial charge in [-0.1, -0.05) is 0 Å². The Hall–Kier alpha value is -0.750. The fourth-order valence-corrected chi connectivity index (χ4v) is 0.264. The Kier molecular flexibility index (Phi) is 0.453. The molecule has 1 heterocycles. The maximum atomic E-state index is 3.72. The average molecular weight is 69.1 g/mol. The highest BCUT2D eigenvalue weighted by molar-refractivity contribution is 5.73. The molecule has 0 aromatic carbocycles. The summed E-state index contributed by atoms with van der Waals surface area (Å²) in [6.45, 7) is 0.903. The second kappa shape index (κ2) is 0.911. The minimum Gasteiger partial charge on any atom is -0.259 e. The van der Waals surface area contributed by atoms with Gasteiger partial charge in [0.25, 0.3) is 0 Å². The Bertz CT molecular complexity index is 70.9. The molecule has 2 nitrogen and oxygen atoms in total. The first kappa shape index (κ1) is 2.49. The normalized spacial score (nSPS) is 16.0. The molecule has 26 valence electrons. The standard InChI is InChI=1S/C3H4N2/c1-2-5-3-4-1/h1,3H,2H2/p+1. The Labute approximate surface area is 30.3 Å². The van der Waals surface area contributed by atoms with Crippen LogP contribution in [0.4, 0.5) is 0 Å². The van der Waals surface area contributed by atoms with Crippen molar-refractivity contribution in [2.75, 3.05) is 6.54 Å². The van der Waals surface area contributed by atoms with E-state index in [-0.39, 0.29) is 0 Å². The quantitative estimate of drug-likeness (QED) is 0.354. The molecule has 0 aromatic rings. The SMILES string of the molecule is C1=[N+]=CNC1. The molecular weight excluding hydrogens is 64.0 g/mol. The smallest absolute Gasteiger partial charge is 0.259 e. The van der Waals surface area contributed by atoms with Crippen LogP contribution in [0.3, 0.4) is 0 Å². The molecule has 0 aliphatic carbocycles. The average Bonchev–Trinajstić information content (AvgIpc) is 1.76. The third-order valence-corrected chi connectivity index (χ3v) is 0.480. The number of hydrogen-bond acceptors (Lipinski definition) is 1. The minimum absolute atomic E-state index is 0.903. The highest BCUT2D eigenvalue weighted by Crippen LogP contribution is 1.42. The maximum Gasteiger partial charge on any atom is 0.331 e. The highest BCUT2D eigenvalue weighted by Gasteiger charge is 1.86. The van der Waals surface area contributed by atoms with Gasteiger partial charge in [0.05, 0.1) is 0 Å². The molecule has 0 saturated carbocycles. The number of rotatable bonds is 0. The summed E-state index contributed by atoms with van der Waals surface area (Å²) in [6.07, 6.45) is 3.50. The third kappa shape index (κ3) is 0.281. The van der Waals surface area contributed by atoms with Gasteiger partial charge in [-0.15, -0.1) is 0 Å². The monoisotopic (exact) mass is 69.0 g/mol. The van der Waals surface area contributed by atoms with Crippen molar-refractivity contribution in [3.05, 3.63) is 0 Å². The molecule has 1 N–H and O–H groups in total. The Morgan fingerprint density at radius 3 is 3.00 bits per heavy atom. The molecule has 0 spiro atoms. The van der Waals surface area contributed by atoms with Crippen LogP contribution in [0.1, 0.15) is 0 Å². The van der Waals surface area contributed by atoms with Crippen molar-refractivity contribution in [1.82, 2.24) is 9.98 Å². The molecule has 0 saturated heterocycles. The second-order valence-electron chi connectivity index (χ2n) is 0.869. The lowest BCUT2D eigenvalue weighted by Crippen LogP contribution is -2.06. The van der Waals surface area contributed by atoms with Crippen LogP contribution in [-0.4, -0.2) is 19.1 Å². The summed E-state index contributed by atoms with van der Waals surface area (Å²) in [6, 6.07) is 0. The Balaban J connectivity index is 2.64. The molecule has 0 fully saturated rings. The van der Waals surface area contributed by atoms with Gasteiger partial charge in [-0.05, 0) is 0 Å². The number of nitrogens with one attached hydrogen (secondary N) is 1. The summed E-state index contributed by atoms with van der Waals surface area (Å²) in [7, 11) is 0. The van der Waals surface area contributed by atoms with E-state index >= 15 is 0 Å². The lowest BCUT2D eigenvalue weighted by Gasteiger charge is -1.60. The lowest BCUT2D eigenvalue weighted by atomic mass is 10.8. The molecule has 0 radical (unpaired) electrons. The summed E-state index contributed by atoms with van der Waals surface area (Å²) < 4.78 is 3.72. The van der Waals surface area contributed by atoms with Crippen molar-refractivity contribution in [1.29, 1.82) is 0 Å². The van der Waals surface area contributed by atoms with Gasteiger partial charge in [-0.2, -0.15) is 0 Å². The number of hydrogen-bond donors (Lipinski definition) is 1. The van der Waals surface area contributed by atoms with E-state index in [1.165, 1.54) is 0 Å². The van der Waals surface area contributed by atoms with Crippen LogP contribution in [0.5, 0.6) is 0 Å². The van der Waals surface area contributed by atoms with Crippen LogP contribution in [0.25, 0.3) is 0 Å². The van der Waals surface area contributed by atoms with Gasteiger partial charge < -0.3 is 0 Å². The van der Waals surface area contributed by atoms with E-state index in [0.717, 1.165) is 6.54 Å². The molecule has 2 heteroatoms. The molecule has 0 bridgehead atoms. The van der Waals surface area contributed by atoms with E-state index in [2.05, 4.69) is 9.98 Å². The van der Waals surface area contributed by atoms with Crippen LogP contribution < -0.4 is 9.98 Å². The van der Waals surface area contributed by atoms with E-state index in [1.807, 2.05) is 6.21 Å². The third-order valence-electron chi connectivity index (χ3n) is 0.480. The van der Waals surface area contributed by atoms with E-state index in [9.17, 15) is 0 Å². The molecule has 1 rings (SSSR count). The van der Waals surface area contributed by atoms with Gasteiger partial charge in [0, 0.05) is 0 Å². The van der Waals surface area contributed by atoms with Gasteiger partial charge in [0.15, 0.2) is 6.54 Å². The summed E-state index contributed by atoms with van der Waals surface area (Å²) in [5, 5.41) is 2.88. The van der Waals surface area contributed by atoms with Crippen molar-refractivity contribution in [2.24, 2.45) is 0 Å². The Morgan fingerprint density at radius 1 is 1.80 bits per heavy atom. The molecule has 1 aliphatic rings. The zero-order valence-electron chi connectivity index (χ0n) is 2.81. The van der Waals surface area contributed by atoms with Crippen LogP contribution in [-0.2, 0) is 0 Å². The van der Waals surface area contributed by atoms with E-state index < -0.39 is 0 Å². The topological polar surface area (TPSA) is 26.1 Å².